The Balaban J connectivity index is 2.33. The van der Waals surface area contributed by atoms with Crippen LogP contribution in [0.3, 0.4) is 0 Å². The number of rotatable bonds is 3. The van der Waals surface area contributed by atoms with Crippen molar-refractivity contribution in [2.75, 3.05) is 5.75 Å². The molecule has 0 atom stereocenters. The van der Waals surface area contributed by atoms with E-state index in [1.165, 1.54) is 0 Å². The molecule has 5 heteroatoms. The molecule has 0 aromatic carbocycles. The Morgan fingerprint density at radius 2 is 2.50 bits per heavy atom. The Labute approximate surface area is 74.4 Å². The highest BCUT2D eigenvalue weighted by molar-refractivity contribution is 7.99. The predicted octanol–water partition coefficient (Wildman–Crippen LogP) is 1.02. The third kappa shape index (κ3) is 1.29. The van der Waals surface area contributed by atoms with Gasteiger partial charge in [-0.2, -0.15) is 0 Å². The Morgan fingerprint density at radius 3 is 3.08 bits per heavy atom. The first kappa shape index (κ1) is 7.91. The molecule has 0 saturated heterocycles. The molecular formula is C7H11N3OS. The minimum atomic E-state index is -0.0616. The van der Waals surface area contributed by atoms with Crippen LogP contribution in [0.25, 0.3) is 0 Å². The average molecular weight is 185 g/mol. The number of hydrogen-bond acceptors (Lipinski definition) is 3. The summed E-state index contributed by atoms with van der Waals surface area (Å²) in [4.78, 5) is 11.2. The van der Waals surface area contributed by atoms with Crippen molar-refractivity contribution in [2.45, 2.75) is 31.0 Å². The SMILES string of the molecule is CCSc1n[nH]c(=O)n1C1CC1. The van der Waals surface area contributed by atoms with Crippen LogP contribution in [-0.4, -0.2) is 20.5 Å². The molecule has 0 unspecified atom stereocenters. The molecule has 66 valence electrons. The second-order valence-corrected chi connectivity index (χ2v) is 4.08. The fraction of sp³-hybridized carbons (Fsp3) is 0.714. The van der Waals surface area contributed by atoms with Crippen LogP contribution in [0.4, 0.5) is 0 Å². The molecule has 0 bridgehead atoms. The van der Waals surface area contributed by atoms with Gasteiger partial charge in [0.25, 0.3) is 0 Å². The van der Waals surface area contributed by atoms with Gasteiger partial charge in [-0.1, -0.05) is 18.7 Å². The fourth-order valence-corrected chi connectivity index (χ4v) is 1.92. The molecule has 1 fully saturated rings. The minimum absolute atomic E-state index is 0.0616. The lowest BCUT2D eigenvalue weighted by atomic mass is 10.7. The maximum Gasteiger partial charge on any atom is 0.344 e. The highest BCUT2D eigenvalue weighted by atomic mass is 32.2. The zero-order chi connectivity index (χ0) is 8.55. The molecule has 1 N–H and O–H groups in total. The highest BCUT2D eigenvalue weighted by Gasteiger charge is 2.28. The van der Waals surface area contributed by atoms with E-state index in [4.69, 9.17) is 0 Å². The average Bonchev–Trinajstić information content (AvgIpc) is 2.80. The van der Waals surface area contributed by atoms with Crippen molar-refractivity contribution in [1.82, 2.24) is 14.8 Å². The van der Waals surface area contributed by atoms with Crippen LogP contribution in [0.15, 0.2) is 9.95 Å². The minimum Gasteiger partial charge on any atom is -0.267 e. The van der Waals surface area contributed by atoms with Gasteiger partial charge >= 0.3 is 5.69 Å². The number of nitrogens with one attached hydrogen (secondary N) is 1. The predicted molar refractivity (Wildman–Crippen MR) is 47.5 cm³/mol. The summed E-state index contributed by atoms with van der Waals surface area (Å²) in [7, 11) is 0. The third-order valence-electron chi connectivity index (χ3n) is 1.86. The van der Waals surface area contributed by atoms with E-state index in [0.717, 1.165) is 23.8 Å². The molecule has 2 rings (SSSR count). The first-order valence-corrected chi connectivity index (χ1v) is 5.11. The Bertz CT molecular complexity index is 326. The van der Waals surface area contributed by atoms with Crippen molar-refractivity contribution in [2.24, 2.45) is 0 Å². The van der Waals surface area contributed by atoms with E-state index in [1.54, 1.807) is 16.3 Å². The van der Waals surface area contributed by atoms with E-state index in [0.29, 0.717) is 6.04 Å². The number of hydrogen-bond donors (Lipinski definition) is 1. The maximum atomic E-state index is 11.2. The number of aromatic amines is 1. The summed E-state index contributed by atoms with van der Waals surface area (Å²) in [5.41, 5.74) is -0.0616. The van der Waals surface area contributed by atoms with Crippen molar-refractivity contribution in [3.8, 4) is 0 Å². The van der Waals surface area contributed by atoms with Gasteiger partial charge in [0.2, 0.25) is 0 Å². The molecule has 1 heterocycles. The summed E-state index contributed by atoms with van der Waals surface area (Å²) in [6.45, 7) is 2.06. The smallest absolute Gasteiger partial charge is 0.267 e. The van der Waals surface area contributed by atoms with Crippen LogP contribution >= 0.6 is 11.8 Å². The molecular weight excluding hydrogens is 174 g/mol. The van der Waals surface area contributed by atoms with E-state index in [-0.39, 0.29) is 5.69 Å². The lowest BCUT2D eigenvalue weighted by Crippen LogP contribution is -2.16. The molecule has 0 amide bonds. The maximum absolute atomic E-state index is 11.2. The third-order valence-corrected chi connectivity index (χ3v) is 2.69. The van der Waals surface area contributed by atoms with Gasteiger partial charge in [0, 0.05) is 6.04 Å². The van der Waals surface area contributed by atoms with Gasteiger partial charge in [-0.15, -0.1) is 5.10 Å². The van der Waals surface area contributed by atoms with E-state index >= 15 is 0 Å². The molecule has 1 aromatic heterocycles. The summed E-state index contributed by atoms with van der Waals surface area (Å²) >= 11 is 1.61. The van der Waals surface area contributed by atoms with Crippen molar-refractivity contribution in [1.29, 1.82) is 0 Å². The quantitative estimate of drug-likeness (QED) is 0.715. The first-order chi connectivity index (χ1) is 5.83. The molecule has 4 nitrogen and oxygen atoms in total. The van der Waals surface area contributed by atoms with Gasteiger partial charge in [-0.05, 0) is 18.6 Å². The topological polar surface area (TPSA) is 50.7 Å². The van der Waals surface area contributed by atoms with Crippen LogP contribution < -0.4 is 5.69 Å². The van der Waals surface area contributed by atoms with Crippen LogP contribution in [0.5, 0.6) is 0 Å². The Kier molecular flexibility index (Phi) is 1.96. The molecule has 0 spiro atoms. The zero-order valence-electron chi connectivity index (χ0n) is 6.91. The number of aromatic nitrogens is 3. The van der Waals surface area contributed by atoms with Crippen molar-refractivity contribution >= 4 is 11.8 Å². The number of thioether (sulfide) groups is 1. The van der Waals surface area contributed by atoms with E-state index < -0.39 is 0 Å². The van der Waals surface area contributed by atoms with Crippen molar-refractivity contribution in [3.63, 3.8) is 0 Å². The monoisotopic (exact) mass is 185 g/mol. The van der Waals surface area contributed by atoms with Gasteiger partial charge in [-0.25, -0.2) is 9.89 Å². The number of nitrogens with zero attached hydrogens (tertiary/aromatic N) is 2. The van der Waals surface area contributed by atoms with Gasteiger partial charge < -0.3 is 0 Å². The second-order valence-electron chi connectivity index (χ2n) is 2.85. The summed E-state index contributed by atoms with van der Waals surface area (Å²) < 4.78 is 1.77. The van der Waals surface area contributed by atoms with Crippen LogP contribution in [-0.2, 0) is 0 Å². The zero-order valence-corrected chi connectivity index (χ0v) is 7.73. The second kappa shape index (κ2) is 2.97. The van der Waals surface area contributed by atoms with Crippen LogP contribution in [0, 0.1) is 0 Å². The number of H-pyrrole nitrogens is 1. The van der Waals surface area contributed by atoms with Crippen LogP contribution in [0.2, 0.25) is 0 Å². The molecule has 1 saturated carbocycles. The first-order valence-electron chi connectivity index (χ1n) is 4.12. The van der Waals surface area contributed by atoms with Gasteiger partial charge in [0.05, 0.1) is 0 Å². The van der Waals surface area contributed by atoms with E-state index in [2.05, 4.69) is 17.1 Å². The normalized spacial score (nSPS) is 16.8. The van der Waals surface area contributed by atoms with Gasteiger partial charge in [-0.3, -0.25) is 4.57 Å². The summed E-state index contributed by atoms with van der Waals surface area (Å²) in [6, 6.07) is 0.422. The van der Waals surface area contributed by atoms with Crippen molar-refractivity contribution < 1.29 is 0 Å². The lowest BCUT2D eigenvalue weighted by Gasteiger charge is -1.99. The lowest BCUT2D eigenvalue weighted by molar-refractivity contribution is 0.642. The van der Waals surface area contributed by atoms with Crippen LogP contribution in [0.1, 0.15) is 25.8 Å². The molecule has 0 aliphatic heterocycles. The Hall–Kier alpha value is -0.710. The summed E-state index contributed by atoms with van der Waals surface area (Å²) in [6.07, 6.45) is 2.24. The van der Waals surface area contributed by atoms with Crippen molar-refractivity contribution in [3.05, 3.63) is 10.5 Å². The molecule has 12 heavy (non-hydrogen) atoms. The van der Waals surface area contributed by atoms with Gasteiger partial charge in [0.15, 0.2) is 5.16 Å². The Morgan fingerprint density at radius 1 is 1.75 bits per heavy atom. The van der Waals surface area contributed by atoms with Gasteiger partial charge in [0.1, 0.15) is 0 Å². The molecule has 1 aliphatic rings. The standard InChI is InChI=1S/C7H11N3OS/c1-2-12-7-9-8-6(11)10(7)5-3-4-5/h5H,2-4H2,1H3,(H,8,11). The molecule has 1 aliphatic carbocycles. The summed E-state index contributed by atoms with van der Waals surface area (Å²) in [5.74, 6) is 0.955. The highest BCUT2D eigenvalue weighted by Crippen LogP contribution is 2.35. The van der Waals surface area contributed by atoms with E-state index in [1.807, 2.05) is 0 Å². The fourth-order valence-electron chi connectivity index (χ4n) is 1.18. The largest absolute Gasteiger partial charge is 0.344 e. The molecule has 0 radical (unpaired) electrons. The van der Waals surface area contributed by atoms with E-state index in [9.17, 15) is 4.79 Å². The molecule has 1 aromatic rings. The summed E-state index contributed by atoms with van der Waals surface area (Å²) in [5, 5.41) is 7.27.